The Morgan fingerprint density at radius 3 is 2.68 bits per heavy atom. The number of rotatable bonds is 5. The highest BCUT2D eigenvalue weighted by Crippen LogP contribution is 2.30. The van der Waals surface area contributed by atoms with Crippen LogP contribution in [0.4, 0.5) is 0 Å². The normalized spacial score (nSPS) is 28.2. The molecule has 0 bridgehead atoms. The maximum Gasteiger partial charge on any atom is 0.248 e. The molecule has 1 heterocycles. The second-order valence-corrected chi connectivity index (χ2v) is 5.91. The first-order valence-corrected chi connectivity index (χ1v) is 7.29. The van der Waals surface area contributed by atoms with Crippen LogP contribution in [-0.2, 0) is 9.53 Å². The summed E-state index contributed by atoms with van der Waals surface area (Å²) < 4.78 is 5.44. The molecule has 1 aliphatic heterocycles. The lowest BCUT2D eigenvalue weighted by Crippen LogP contribution is -2.55. The van der Waals surface area contributed by atoms with Gasteiger partial charge >= 0.3 is 0 Å². The van der Waals surface area contributed by atoms with Gasteiger partial charge in [-0.05, 0) is 31.6 Å². The third kappa shape index (κ3) is 3.26. The highest BCUT2D eigenvalue weighted by molar-refractivity contribution is 5.77. The van der Waals surface area contributed by atoms with E-state index < -0.39 is 0 Å². The number of nitrogens with zero attached hydrogens (tertiary/aromatic N) is 3. The number of carbonyl (C=O) groups excluding carboxylic acids is 1. The van der Waals surface area contributed by atoms with Crippen LogP contribution >= 0.6 is 0 Å². The molecular formula is C14H21N3O2. The van der Waals surface area contributed by atoms with Gasteiger partial charge in [0.25, 0.3) is 0 Å². The van der Waals surface area contributed by atoms with Gasteiger partial charge in [0, 0.05) is 25.7 Å². The van der Waals surface area contributed by atoms with E-state index in [1.807, 2.05) is 0 Å². The lowest BCUT2D eigenvalue weighted by atomic mass is 10.2. The number of piperazine rings is 1. The highest BCUT2D eigenvalue weighted by Gasteiger charge is 2.38. The largest absolute Gasteiger partial charge is 0.371 e. The first kappa shape index (κ1) is 12.9. The first-order chi connectivity index (χ1) is 9.28. The summed E-state index contributed by atoms with van der Waals surface area (Å²) in [6.45, 7) is 3.00. The molecule has 3 fully saturated rings. The zero-order valence-corrected chi connectivity index (χ0v) is 11.3. The van der Waals surface area contributed by atoms with Gasteiger partial charge in [-0.25, -0.2) is 0 Å². The molecule has 19 heavy (non-hydrogen) atoms. The van der Waals surface area contributed by atoms with Gasteiger partial charge in [-0.15, -0.1) is 0 Å². The van der Waals surface area contributed by atoms with E-state index in [2.05, 4.69) is 11.0 Å². The molecule has 0 aromatic heterocycles. The van der Waals surface area contributed by atoms with Gasteiger partial charge in [-0.3, -0.25) is 9.69 Å². The van der Waals surface area contributed by atoms with Crippen molar-refractivity contribution in [3.63, 3.8) is 0 Å². The van der Waals surface area contributed by atoms with Gasteiger partial charge in [0.2, 0.25) is 5.91 Å². The Labute approximate surface area is 114 Å². The highest BCUT2D eigenvalue weighted by atomic mass is 16.5. The van der Waals surface area contributed by atoms with E-state index in [0.717, 1.165) is 19.7 Å². The number of carbonyl (C=O) groups is 1. The van der Waals surface area contributed by atoms with Crippen LogP contribution in [0.5, 0.6) is 0 Å². The fraction of sp³-hybridized carbons (Fsp3) is 0.857. The first-order valence-electron chi connectivity index (χ1n) is 7.29. The molecule has 0 spiro atoms. The zero-order valence-electron chi connectivity index (χ0n) is 11.3. The van der Waals surface area contributed by atoms with Crippen molar-refractivity contribution in [1.29, 1.82) is 5.26 Å². The van der Waals surface area contributed by atoms with E-state index in [9.17, 15) is 10.1 Å². The van der Waals surface area contributed by atoms with Crippen LogP contribution in [0.25, 0.3) is 0 Å². The van der Waals surface area contributed by atoms with Crippen LogP contribution in [0, 0.1) is 17.2 Å². The van der Waals surface area contributed by atoms with Crippen molar-refractivity contribution < 1.29 is 9.53 Å². The standard InChI is InChI=1S/C14H21N3O2/c15-7-13-8-16(5-6-17(13)12-3-4-12)14(18)10-19-9-11-1-2-11/h11-13H,1-6,8-10H2. The maximum absolute atomic E-state index is 12.0. The van der Waals surface area contributed by atoms with E-state index in [1.54, 1.807) is 4.90 Å². The number of ether oxygens (including phenoxy) is 1. The van der Waals surface area contributed by atoms with Gasteiger partial charge in [-0.1, -0.05) is 0 Å². The predicted molar refractivity (Wildman–Crippen MR) is 69.3 cm³/mol. The van der Waals surface area contributed by atoms with Crippen LogP contribution in [0.3, 0.4) is 0 Å². The van der Waals surface area contributed by atoms with Crippen LogP contribution in [0.15, 0.2) is 0 Å². The van der Waals surface area contributed by atoms with E-state index in [4.69, 9.17) is 4.74 Å². The van der Waals surface area contributed by atoms with Crippen molar-refractivity contribution in [2.24, 2.45) is 5.92 Å². The van der Waals surface area contributed by atoms with Gasteiger partial charge in [-0.2, -0.15) is 5.26 Å². The summed E-state index contributed by atoms with van der Waals surface area (Å²) in [6, 6.07) is 2.80. The molecule has 1 atom stereocenters. The lowest BCUT2D eigenvalue weighted by Gasteiger charge is -2.38. The minimum atomic E-state index is -0.131. The van der Waals surface area contributed by atoms with Crippen molar-refractivity contribution >= 4 is 5.91 Å². The summed E-state index contributed by atoms with van der Waals surface area (Å²) in [5.41, 5.74) is 0. The number of hydrogen-bond acceptors (Lipinski definition) is 4. The summed E-state index contributed by atoms with van der Waals surface area (Å²) in [7, 11) is 0. The molecule has 0 N–H and O–H groups in total. The summed E-state index contributed by atoms with van der Waals surface area (Å²) in [5.74, 6) is 0.725. The molecule has 1 amide bonds. The van der Waals surface area contributed by atoms with Crippen molar-refractivity contribution in [3.8, 4) is 6.07 Å². The summed E-state index contributed by atoms with van der Waals surface area (Å²) in [4.78, 5) is 16.1. The fourth-order valence-electron chi connectivity index (χ4n) is 2.67. The third-order valence-electron chi connectivity index (χ3n) is 4.22. The van der Waals surface area contributed by atoms with Crippen molar-refractivity contribution in [3.05, 3.63) is 0 Å². The maximum atomic E-state index is 12.0. The second-order valence-electron chi connectivity index (χ2n) is 5.91. The molecule has 1 saturated heterocycles. The van der Waals surface area contributed by atoms with Crippen LogP contribution < -0.4 is 0 Å². The number of hydrogen-bond donors (Lipinski definition) is 0. The molecule has 2 aliphatic carbocycles. The Morgan fingerprint density at radius 1 is 1.26 bits per heavy atom. The molecule has 1 unspecified atom stereocenters. The lowest BCUT2D eigenvalue weighted by molar-refractivity contribution is -0.138. The average molecular weight is 263 g/mol. The molecule has 0 aromatic carbocycles. The van der Waals surface area contributed by atoms with Crippen LogP contribution in [-0.4, -0.2) is 60.6 Å². The topological polar surface area (TPSA) is 56.6 Å². The monoisotopic (exact) mass is 263 g/mol. The van der Waals surface area contributed by atoms with Gasteiger partial charge in [0.05, 0.1) is 12.7 Å². The molecule has 5 heteroatoms. The minimum absolute atomic E-state index is 0.0383. The number of nitriles is 1. The Balaban J connectivity index is 1.45. The summed E-state index contributed by atoms with van der Waals surface area (Å²) in [5, 5.41) is 9.23. The fourth-order valence-corrected chi connectivity index (χ4v) is 2.67. The quantitative estimate of drug-likeness (QED) is 0.729. The van der Waals surface area contributed by atoms with Crippen LogP contribution in [0.2, 0.25) is 0 Å². The smallest absolute Gasteiger partial charge is 0.248 e. The molecular weight excluding hydrogens is 242 g/mol. The Morgan fingerprint density at radius 2 is 2.05 bits per heavy atom. The third-order valence-corrected chi connectivity index (χ3v) is 4.22. The number of amides is 1. The molecule has 2 saturated carbocycles. The summed E-state index contributed by atoms with van der Waals surface area (Å²) in [6.07, 6.45) is 4.89. The minimum Gasteiger partial charge on any atom is -0.371 e. The van der Waals surface area contributed by atoms with Crippen LogP contribution in [0.1, 0.15) is 25.7 Å². The predicted octanol–water partition coefficient (Wildman–Crippen LogP) is 0.612. The average Bonchev–Trinajstić information content (AvgIpc) is 3.29. The molecule has 104 valence electrons. The Bertz CT molecular complexity index is 385. The van der Waals surface area contributed by atoms with Gasteiger partial charge in [0.15, 0.2) is 0 Å². The molecule has 3 aliphatic rings. The Hall–Kier alpha value is -1.12. The van der Waals surface area contributed by atoms with E-state index in [1.165, 1.54) is 25.7 Å². The van der Waals surface area contributed by atoms with E-state index in [0.29, 0.717) is 18.5 Å². The second kappa shape index (κ2) is 5.48. The van der Waals surface area contributed by atoms with Gasteiger partial charge < -0.3 is 9.64 Å². The van der Waals surface area contributed by atoms with E-state index >= 15 is 0 Å². The van der Waals surface area contributed by atoms with E-state index in [-0.39, 0.29) is 18.6 Å². The van der Waals surface area contributed by atoms with Crippen molar-refractivity contribution in [2.45, 2.75) is 37.8 Å². The Kier molecular flexibility index (Phi) is 3.72. The SMILES string of the molecule is N#CC1CN(C(=O)COCC2CC2)CCN1C1CC1. The molecule has 3 rings (SSSR count). The summed E-state index contributed by atoms with van der Waals surface area (Å²) >= 11 is 0. The molecule has 0 radical (unpaired) electrons. The molecule has 0 aromatic rings. The zero-order chi connectivity index (χ0) is 13.2. The van der Waals surface area contributed by atoms with Crippen molar-refractivity contribution in [1.82, 2.24) is 9.80 Å². The molecule has 5 nitrogen and oxygen atoms in total. The van der Waals surface area contributed by atoms with Crippen molar-refractivity contribution in [2.75, 3.05) is 32.8 Å². The van der Waals surface area contributed by atoms with Gasteiger partial charge in [0.1, 0.15) is 12.6 Å².